The highest BCUT2D eigenvalue weighted by molar-refractivity contribution is 8.77. The summed E-state index contributed by atoms with van der Waals surface area (Å²) in [5.74, 6) is -5.90. The minimum absolute atomic E-state index is 0.00472. The van der Waals surface area contributed by atoms with Gasteiger partial charge >= 0.3 is 29.8 Å². The maximum absolute atomic E-state index is 14.5. The van der Waals surface area contributed by atoms with Gasteiger partial charge in [-0.3, -0.25) is 67.8 Å². The number of aromatic nitrogens is 1. The smallest absolute Gasteiger partial charge is 0.328 e. The van der Waals surface area contributed by atoms with Gasteiger partial charge in [-0.25, -0.2) is 9.78 Å². The molecular weight excluding hydrogens is 1950 g/mol. The number of aliphatic hydroxyl groups is 5. The van der Waals surface area contributed by atoms with Crippen LogP contribution in [-0.2, 0) is 130 Å². The molecule has 0 spiro atoms. The molecular formula is C100H174N10O34S2. The third-order valence-corrected chi connectivity index (χ3v) is 26.9. The number of amides is 7. The number of hydrogen-bond donors (Lipinski definition) is 11. The SMILES string of the molecule is CCC(CO)OC(CO)OC.CCC(CO)OC(COC(=O)CCCC(=O)NCCCNC(=O)CCC(C)(C)SSc1ccc([N+](=O)[O-])cn1)OC.CCC(CO)OC(COC(=O)CCCC(=O)NCCCOC(=O)[C@H](Cc1ccccc1)NC(=O)[C@H](C)[C@@H](OC)[C@@H]1CCCN1C(=O)C[C@@H](OC)[C@H]([C@@H](C)CC)N(C)C(=O)[C@@H](NC(=O)[C@H](C(C)C)N(C)C)C(C)C)OC.CCC(CO)OC(COC(=O)CCCC(=O)O)OC. The molecule has 1 aliphatic heterocycles. The number of carboxylic acid groups (broad SMARTS) is 1. The number of likely N-dealkylation sites (N-methyl/N-ethyl adjacent to an activating group) is 2. The minimum atomic E-state index is -1.06. The van der Waals surface area contributed by atoms with E-state index in [-0.39, 0.29) is 206 Å². The van der Waals surface area contributed by atoms with Crippen LogP contribution in [-0.4, -0.2) is 373 Å². The number of carbonyl (C=O) groups is 12. The number of rotatable bonds is 75. The highest BCUT2D eigenvalue weighted by atomic mass is 33.1. The molecule has 8 unspecified atom stereocenters. The second kappa shape index (κ2) is 80.4. The molecule has 11 N–H and O–H groups in total. The molecule has 0 bridgehead atoms. The maximum Gasteiger partial charge on any atom is 0.328 e. The second-order valence-electron chi connectivity index (χ2n) is 36.4. The van der Waals surface area contributed by atoms with Gasteiger partial charge in [0.05, 0.1) is 112 Å². The number of nitro groups is 1. The van der Waals surface area contributed by atoms with Crippen LogP contribution in [0.15, 0.2) is 53.7 Å². The van der Waals surface area contributed by atoms with Crippen LogP contribution in [0.1, 0.15) is 230 Å². The van der Waals surface area contributed by atoms with Crippen LogP contribution < -0.4 is 26.6 Å². The van der Waals surface area contributed by atoms with Gasteiger partial charge in [0.25, 0.3) is 5.69 Å². The number of nitrogens with one attached hydrogen (secondary N) is 5. The number of pyridine rings is 1. The number of aliphatic carboxylic acids is 1. The average Bonchev–Trinajstić information content (AvgIpc) is 1.55. The van der Waals surface area contributed by atoms with E-state index >= 15 is 0 Å². The molecule has 17 atom stereocenters. The van der Waals surface area contributed by atoms with Crippen molar-refractivity contribution in [2.75, 3.05) is 149 Å². The maximum atomic E-state index is 14.5. The normalized spacial score (nSPS) is 15.7. The lowest BCUT2D eigenvalue weighted by molar-refractivity contribution is -0.385. The molecule has 2 heterocycles. The monoisotopic (exact) mass is 2120 g/mol. The number of likely N-dealkylation sites (tertiary alicyclic amines) is 1. The largest absolute Gasteiger partial charge is 0.481 e. The molecule has 1 aromatic heterocycles. The van der Waals surface area contributed by atoms with Gasteiger partial charge in [0.2, 0.25) is 41.4 Å². The number of carbonyl (C=O) groups excluding carboxylic acids is 11. The summed E-state index contributed by atoms with van der Waals surface area (Å²) in [4.78, 5) is 172. The fourth-order valence-corrected chi connectivity index (χ4v) is 16.9. The van der Waals surface area contributed by atoms with Crippen molar-refractivity contribution < 1.29 is 159 Å². The van der Waals surface area contributed by atoms with Crippen molar-refractivity contribution in [1.29, 1.82) is 0 Å². The molecule has 1 aliphatic rings. The number of esters is 4. The van der Waals surface area contributed by atoms with Gasteiger partial charge in [-0.1, -0.05) is 124 Å². The number of aliphatic hydroxyl groups excluding tert-OH is 5. The van der Waals surface area contributed by atoms with E-state index in [0.717, 1.165) is 5.56 Å². The van der Waals surface area contributed by atoms with Gasteiger partial charge in [-0.05, 0) is 145 Å². The summed E-state index contributed by atoms with van der Waals surface area (Å²) in [6.45, 7) is 25.3. The molecule has 0 radical (unpaired) electrons. The zero-order valence-corrected chi connectivity index (χ0v) is 91.6. The molecule has 0 aliphatic carbocycles. The van der Waals surface area contributed by atoms with Gasteiger partial charge < -0.3 is 133 Å². The molecule has 46 heteroatoms. The zero-order valence-electron chi connectivity index (χ0n) is 90.0. The lowest BCUT2D eigenvalue weighted by Crippen LogP contribution is -2.59. The number of nitrogens with zero attached hydrogens (tertiary/aromatic N) is 5. The summed E-state index contributed by atoms with van der Waals surface area (Å²) in [7, 11) is 17.1. The van der Waals surface area contributed by atoms with E-state index in [4.69, 9.17) is 86.7 Å². The molecule has 1 aromatic carbocycles. The van der Waals surface area contributed by atoms with Gasteiger partial charge in [-0.2, -0.15) is 0 Å². The van der Waals surface area contributed by atoms with Crippen LogP contribution in [0.3, 0.4) is 0 Å². The molecule has 1 fully saturated rings. The highest BCUT2D eigenvalue weighted by Gasteiger charge is 2.44. The van der Waals surface area contributed by atoms with Crippen molar-refractivity contribution in [1.82, 2.24) is 46.3 Å². The van der Waals surface area contributed by atoms with Gasteiger partial charge in [0.1, 0.15) is 43.1 Å². The van der Waals surface area contributed by atoms with Crippen molar-refractivity contribution in [3.63, 3.8) is 0 Å². The molecule has 3 rings (SSSR count). The van der Waals surface area contributed by atoms with Crippen LogP contribution in [0, 0.1) is 33.8 Å². The predicted octanol–water partition coefficient (Wildman–Crippen LogP) is 7.55. The quantitative estimate of drug-likeness (QED) is 0.00579. The van der Waals surface area contributed by atoms with E-state index < -0.39 is 126 Å². The average molecular weight is 2120 g/mol. The van der Waals surface area contributed by atoms with Crippen molar-refractivity contribution >= 4 is 98.5 Å². The lowest BCUT2D eigenvalue weighted by atomic mass is 9.89. The number of hydrogen-bond acceptors (Lipinski definition) is 37. The van der Waals surface area contributed by atoms with E-state index in [2.05, 4.69) is 31.6 Å². The van der Waals surface area contributed by atoms with Crippen LogP contribution in [0.2, 0.25) is 0 Å². The molecule has 7 amide bonds. The van der Waals surface area contributed by atoms with E-state index in [1.807, 2.05) is 132 Å². The summed E-state index contributed by atoms with van der Waals surface area (Å²) in [6.07, 6.45) is 2.88. The highest BCUT2D eigenvalue weighted by Crippen LogP contribution is 2.43. The summed E-state index contributed by atoms with van der Waals surface area (Å²) in [6, 6.07) is 8.93. The first-order valence-corrected chi connectivity index (χ1v) is 52.4. The summed E-state index contributed by atoms with van der Waals surface area (Å²) >= 11 is 0. The zero-order chi connectivity index (χ0) is 110. The van der Waals surface area contributed by atoms with Crippen LogP contribution >= 0.6 is 21.6 Å². The molecule has 2 aromatic rings. The Balaban J connectivity index is 0.00000243. The Bertz CT molecular complexity index is 3930. The Kier molecular flexibility index (Phi) is 75.7. The third-order valence-electron chi connectivity index (χ3n) is 23.6. The Labute approximate surface area is 870 Å². The van der Waals surface area contributed by atoms with Crippen LogP contribution in [0.25, 0.3) is 0 Å². The first-order valence-electron chi connectivity index (χ1n) is 50.2. The molecule has 840 valence electrons. The Morgan fingerprint density at radius 2 is 1.01 bits per heavy atom. The van der Waals surface area contributed by atoms with Crippen LogP contribution in [0.4, 0.5) is 5.69 Å². The number of benzene rings is 1. The Morgan fingerprint density at radius 3 is 1.41 bits per heavy atom. The third kappa shape index (κ3) is 58.6. The van der Waals surface area contributed by atoms with Gasteiger partial charge in [-0.15, -0.1) is 0 Å². The van der Waals surface area contributed by atoms with Gasteiger partial charge in [0.15, 0.2) is 25.2 Å². The van der Waals surface area contributed by atoms with Crippen LogP contribution in [0.5, 0.6) is 0 Å². The van der Waals surface area contributed by atoms with Crippen molar-refractivity contribution in [3.8, 4) is 0 Å². The lowest BCUT2D eigenvalue weighted by Gasteiger charge is -2.41. The molecule has 1 saturated heterocycles. The van der Waals surface area contributed by atoms with Crippen molar-refractivity contribution in [2.45, 2.75) is 333 Å². The second-order valence-corrected chi connectivity index (χ2v) is 39.3. The van der Waals surface area contributed by atoms with Crippen molar-refractivity contribution in [3.05, 3.63) is 64.3 Å². The topological polar surface area (TPSA) is 581 Å². The Hall–Kier alpha value is -8.53. The van der Waals surface area contributed by atoms with E-state index in [1.165, 1.54) is 65.7 Å². The standard InChI is InChI=1S/C55H94N6O14.C26H42N4O9S2.C12H22O7.C7H16O4/c1-15-37(7)50(60(11)54(68)48(35(3)4)58-53(67)49(36(5)6)59(9)10)43(70-12)32-45(64)61-29-21-25-42(61)51(72-14)38(8)52(66)57-41(31-39-23-18-17-19-24-39)55(69)73-30-22-28-56-44(63)26-20-27-46(65)74-34-47(71-13)75-40(16-2)33-62;1-5-20(17-31)39-25(37-4)18-38-24(34)9-6-8-21(32)27-14-7-15-28-22(33)12-13-26(2,3)41-40-23-11-10-19(16-29-23)30(35)36;1-3-9(7-13)19-12(17-2)8-18-11(16)6-4-5-10(14)15;1-3-6(4-8)11-7(5-9)10-2/h17-19,23-24,35-38,40-43,47-51,62H,15-16,20-22,25-34H2,1-14H3,(H,56,63)(H,57,66)(H,58,67);10-11,16,20,25,31H,5-9,12-15,17-18H2,1-4H3,(H,27,32)(H,28,33);9,12-13H,3-8H2,1-2H3,(H,14,15);6-9H,3-5H2,1-2H3/t37-,38+,40?,41-,42-,43+,47?,48-,49-,50-,51+;;;/m0.../s1. The first kappa shape index (κ1) is 137. The summed E-state index contributed by atoms with van der Waals surface area (Å²) in [5, 5.41) is 78.9. The fraction of sp³-hybridized carbons (Fsp3) is 0.770. The fourth-order valence-electron chi connectivity index (χ4n) is 14.7. The van der Waals surface area contributed by atoms with E-state index in [1.54, 1.807) is 40.6 Å². The molecule has 44 nitrogen and oxygen atoms in total. The molecule has 0 saturated carbocycles. The first-order chi connectivity index (χ1) is 69.4. The minimum Gasteiger partial charge on any atom is -0.481 e. The van der Waals surface area contributed by atoms with E-state index in [0.29, 0.717) is 102 Å². The predicted molar refractivity (Wildman–Crippen MR) is 545 cm³/mol. The number of methoxy groups -OCH3 is 6. The van der Waals surface area contributed by atoms with Gasteiger partial charge in [0, 0.05) is 138 Å². The molecule has 146 heavy (non-hydrogen) atoms. The van der Waals surface area contributed by atoms with Crippen molar-refractivity contribution in [2.24, 2.45) is 23.7 Å². The number of carboxylic acids is 1. The van der Waals surface area contributed by atoms with E-state index in [9.17, 15) is 77.9 Å². The number of ether oxygens (including phenoxy) is 14. The summed E-state index contributed by atoms with van der Waals surface area (Å²) in [5.41, 5.74) is 0.736. The summed E-state index contributed by atoms with van der Waals surface area (Å²) < 4.78 is 74.2. The Morgan fingerprint density at radius 1 is 0.548 bits per heavy atom.